The number of methoxy groups -OCH3 is 1. The Hall–Kier alpha value is -1.08. The molecule has 0 unspecified atom stereocenters. The third-order valence-electron chi connectivity index (χ3n) is 3.51. The summed E-state index contributed by atoms with van der Waals surface area (Å²) >= 11 is 2.31. The highest BCUT2D eigenvalue weighted by Crippen LogP contribution is 2.19. The van der Waals surface area contributed by atoms with Crippen molar-refractivity contribution in [3.05, 3.63) is 45.7 Å². The molecule has 0 bridgehead atoms. The number of carbonyl (C=O) groups is 1. The van der Waals surface area contributed by atoms with Crippen molar-refractivity contribution in [3.8, 4) is 0 Å². The molecule has 1 rings (SSSR count). The SMILES string of the molecule is COCO/C(COC(=O)c1c(C)cc(C)cc1C)=C(/C)CCI. The summed E-state index contributed by atoms with van der Waals surface area (Å²) in [5.74, 6) is 0.347. The fourth-order valence-corrected chi connectivity index (χ4v) is 3.21. The second kappa shape index (κ2) is 9.93. The lowest BCUT2D eigenvalue weighted by atomic mass is 10.00. The number of aryl methyl sites for hydroxylation is 3. The molecule has 0 spiro atoms. The van der Waals surface area contributed by atoms with E-state index in [-0.39, 0.29) is 19.4 Å². The van der Waals surface area contributed by atoms with Gasteiger partial charge < -0.3 is 14.2 Å². The van der Waals surface area contributed by atoms with Gasteiger partial charge in [0.15, 0.2) is 6.79 Å². The van der Waals surface area contributed by atoms with Crippen LogP contribution in [0.4, 0.5) is 0 Å². The first-order valence-electron chi connectivity index (χ1n) is 7.52. The van der Waals surface area contributed by atoms with Gasteiger partial charge in [-0.25, -0.2) is 4.79 Å². The molecule has 0 aliphatic heterocycles. The quantitative estimate of drug-likeness (QED) is 0.200. The Labute approximate surface area is 152 Å². The van der Waals surface area contributed by atoms with Crippen molar-refractivity contribution in [1.82, 2.24) is 0 Å². The first-order chi connectivity index (χ1) is 10.9. The Balaban J connectivity index is 2.85. The molecule has 0 fully saturated rings. The van der Waals surface area contributed by atoms with Crippen LogP contribution < -0.4 is 0 Å². The lowest BCUT2D eigenvalue weighted by molar-refractivity contribution is -0.0115. The van der Waals surface area contributed by atoms with E-state index in [2.05, 4.69) is 22.6 Å². The molecule has 0 radical (unpaired) electrons. The third-order valence-corrected chi connectivity index (χ3v) is 4.05. The lowest BCUT2D eigenvalue weighted by Gasteiger charge is -2.15. The molecule has 0 saturated heterocycles. The molecule has 0 aliphatic rings. The Morgan fingerprint density at radius 1 is 1.13 bits per heavy atom. The zero-order valence-electron chi connectivity index (χ0n) is 14.5. The van der Waals surface area contributed by atoms with Gasteiger partial charge in [-0.3, -0.25) is 0 Å². The molecule has 0 amide bonds. The van der Waals surface area contributed by atoms with Gasteiger partial charge >= 0.3 is 5.97 Å². The minimum absolute atomic E-state index is 0.122. The van der Waals surface area contributed by atoms with E-state index in [4.69, 9.17) is 14.2 Å². The number of rotatable bonds is 8. The maximum Gasteiger partial charge on any atom is 0.339 e. The van der Waals surface area contributed by atoms with Gasteiger partial charge in [0.05, 0.1) is 5.56 Å². The van der Waals surface area contributed by atoms with Crippen molar-refractivity contribution < 1.29 is 19.0 Å². The van der Waals surface area contributed by atoms with E-state index in [9.17, 15) is 4.79 Å². The molecule has 1 aromatic carbocycles. The van der Waals surface area contributed by atoms with E-state index in [0.29, 0.717) is 11.3 Å². The van der Waals surface area contributed by atoms with Crippen molar-refractivity contribution in [1.29, 1.82) is 0 Å². The monoisotopic (exact) mass is 432 g/mol. The van der Waals surface area contributed by atoms with Gasteiger partial charge in [0.25, 0.3) is 0 Å². The number of carbonyl (C=O) groups excluding carboxylic acids is 1. The summed E-state index contributed by atoms with van der Waals surface area (Å²) < 4.78 is 16.9. The molecule has 5 heteroatoms. The second-order valence-corrected chi connectivity index (χ2v) is 6.62. The van der Waals surface area contributed by atoms with Crippen LogP contribution in [0.3, 0.4) is 0 Å². The molecule has 0 aliphatic carbocycles. The Morgan fingerprint density at radius 2 is 1.74 bits per heavy atom. The fourth-order valence-electron chi connectivity index (χ4n) is 2.40. The van der Waals surface area contributed by atoms with Crippen LogP contribution in [0.25, 0.3) is 0 Å². The van der Waals surface area contributed by atoms with Crippen LogP contribution >= 0.6 is 22.6 Å². The van der Waals surface area contributed by atoms with Gasteiger partial charge in [0.1, 0.15) is 12.4 Å². The number of alkyl halides is 1. The number of esters is 1. The fraction of sp³-hybridized carbons (Fsp3) is 0.500. The summed E-state index contributed by atoms with van der Waals surface area (Å²) in [5.41, 5.74) is 4.70. The standard InChI is InChI=1S/C18H25IO4/c1-12-8-14(3)17(15(4)9-12)18(20)22-10-16(23-11-21-5)13(2)6-7-19/h8-9H,6-7,10-11H2,1-5H3/b16-13-. The summed E-state index contributed by atoms with van der Waals surface area (Å²) in [7, 11) is 1.57. The summed E-state index contributed by atoms with van der Waals surface area (Å²) in [6.45, 7) is 8.12. The first-order valence-corrected chi connectivity index (χ1v) is 9.04. The molecule has 4 nitrogen and oxygen atoms in total. The minimum Gasteiger partial charge on any atom is -0.468 e. The van der Waals surface area contributed by atoms with Gasteiger partial charge in [-0.1, -0.05) is 40.3 Å². The summed E-state index contributed by atoms with van der Waals surface area (Å²) in [6, 6.07) is 3.98. The average molecular weight is 432 g/mol. The van der Waals surface area contributed by atoms with Crippen LogP contribution in [0.15, 0.2) is 23.5 Å². The Bertz CT molecular complexity index is 555. The molecule has 0 N–H and O–H groups in total. The number of hydrogen-bond acceptors (Lipinski definition) is 4. The van der Waals surface area contributed by atoms with Crippen molar-refractivity contribution in [2.45, 2.75) is 34.1 Å². The van der Waals surface area contributed by atoms with E-state index < -0.39 is 0 Å². The maximum absolute atomic E-state index is 12.4. The van der Waals surface area contributed by atoms with Crippen LogP contribution in [0.2, 0.25) is 0 Å². The van der Waals surface area contributed by atoms with Crippen molar-refractivity contribution in [2.24, 2.45) is 0 Å². The van der Waals surface area contributed by atoms with Gasteiger partial charge in [0, 0.05) is 11.5 Å². The third kappa shape index (κ3) is 6.14. The molecule has 1 aromatic rings. The van der Waals surface area contributed by atoms with E-state index in [1.165, 1.54) is 0 Å². The minimum atomic E-state index is -0.319. The maximum atomic E-state index is 12.4. The number of halogens is 1. The molecular formula is C18H25IO4. The van der Waals surface area contributed by atoms with Crippen LogP contribution in [-0.4, -0.2) is 30.9 Å². The smallest absolute Gasteiger partial charge is 0.339 e. The zero-order chi connectivity index (χ0) is 17.4. The Kier molecular flexibility index (Phi) is 8.62. The summed E-state index contributed by atoms with van der Waals surface area (Å²) in [5, 5.41) is 0. The van der Waals surface area contributed by atoms with Crippen molar-refractivity contribution >= 4 is 28.6 Å². The van der Waals surface area contributed by atoms with E-state index in [0.717, 1.165) is 33.1 Å². The highest BCUT2D eigenvalue weighted by Gasteiger charge is 2.16. The van der Waals surface area contributed by atoms with Crippen LogP contribution in [0.5, 0.6) is 0 Å². The highest BCUT2D eigenvalue weighted by molar-refractivity contribution is 14.1. The highest BCUT2D eigenvalue weighted by atomic mass is 127. The number of hydrogen-bond donors (Lipinski definition) is 0. The second-order valence-electron chi connectivity index (χ2n) is 5.54. The summed E-state index contributed by atoms with van der Waals surface area (Å²) in [4.78, 5) is 12.4. The average Bonchev–Trinajstić information content (AvgIpc) is 2.46. The van der Waals surface area contributed by atoms with Gasteiger partial charge in [-0.05, 0) is 50.8 Å². The molecular weight excluding hydrogens is 407 g/mol. The van der Waals surface area contributed by atoms with Gasteiger partial charge in [0.2, 0.25) is 0 Å². The molecule has 128 valence electrons. The topological polar surface area (TPSA) is 44.8 Å². The van der Waals surface area contributed by atoms with E-state index in [1.807, 2.05) is 39.8 Å². The lowest BCUT2D eigenvalue weighted by Crippen LogP contribution is -2.14. The Morgan fingerprint density at radius 3 is 2.26 bits per heavy atom. The predicted octanol–water partition coefficient (Wildman–Crippen LogP) is 4.49. The van der Waals surface area contributed by atoms with Gasteiger partial charge in [-0.15, -0.1) is 0 Å². The molecule has 0 atom stereocenters. The molecule has 23 heavy (non-hydrogen) atoms. The number of ether oxygens (including phenoxy) is 3. The number of allylic oxidation sites excluding steroid dienone is 1. The largest absolute Gasteiger partial charge is 0.468 e. The predicted molar refractivity (Wildman–Crippen MR) is 100 cm³/mol. The summed E-state index contributed by atoms with van der Waals surface area (Å²) in [6.07, 6.45) is 0.889. The van der Waals surface area contributed by atoms with E-state index in [1.54, 1.807) is 7.11 Å². The normalized spacial score (nSPS) is 11.9. The van der Waals surface area contributed by atoms with E-state index >= 15 is 0 Å². The van der Waals surface area contributed by atoms with Crippen molar-refractivity contribution in [3.63, 3.8) is 0 Å². The first kappa shape index (κ1) is 20.0. The molecule has 0 heterocycles. The molecule has 0 saturated carbocycles. The van der Waals surface area contributed by atoms with Crippen LogP contribution in [0.1, 0.15) is 40.4 Å². The zero-order valence-corrected chi connectivity index (χ0v) is 16.7. The molecule has 0 aromatic heterocycles. The van der Waals surface area contributed by atoms with Crippen LogP contribution in [-0.2, 0) is 14.2 Å². The van der Waals surface area contributed by atoms with Crippen molar-refractivity contribution in [2.75, 3.05) is 24.9 Å². The van der Waals surface area contributed by atoms with Crippen LogP contribution in [0, 0.1) is 20.8 Å². The number of benzene rings is 1. The van der Waals surface area contributed by atoms with Gasteiger partial charge in [-0.2, -0.15) is 0 Å².